The Kier molecular flexibility index (Phi) is 7.52. The van der Waals surface area contributed by atoms with Gasteiger partial charge < -0.3 is 24.1 Å². The van der Waals surface area contributed by atoms with Crippen LogP contribution in [0.4, 0.5) is 4.79 Å². The van der Waals surface area contributed by atoms with E-state index in [-0.39, 0.29) is 30.3 Å². The fraction of sp³-hybridized carbons (Fsp3) is 0.696. The summed E-state index contributed by atoms with van der Waals surface area (Å²) in [6.07, 6.45) is 1.14. The van der Waals surface area contributed by atoms with Gasteiger partial charge in [0.15, 0.2) is 0 Å². The van der Waals surface area contributed by atoms with E-state index in [1.807, 2.05) is 45.0 Å². The molecule has 0 bridgehead atoms. The van der Waals surface area contributed by atoms with Crippen molar-refractivity contribution in [3.05, 3.63) is 29.8 Å². The van der Waals surface area contributed by atoms with Crippen LogP contribution in [0.2, 0.25) is 6.32 Å². The Bertz CT molecular complexity index is 695. The van der Waals surface area contributed by atoms with Crippen molar-refractivity contribution in [1.29, 1.82) is 0 Å². The van der Waals surface area contributed by atoms with Crippen LogP contribution < -0.4 is 10.1 Å². The van der Waals surface area contributed by atoms with Gasteiger partial charge in [-0.1, -0.05) is 19.1 Å². The molecule has 0 unspecified atom stereocenters. The number of carbonyl (C=O) groups is 1. The Labute approximate surface area is 182 Å². The number of hydrogen-bond donors (Lipinski definition) is 1. The van der Waals surface area contributed by atoms with Gasteiger partial charge in [0.1, 0.15) is 11.4 Å². The average molecular weight is 419 g/mol. The molecule has 1 aromatic carbocycles. The Hall–Kier alpha value is -1.73. The SMILES string of the molecule is COc1ccc([C@@H](NC(=O)OC(C)(C)C)[C@H](C)CCB2OC(C)(C)C(C)(C)O2)cc1. The molecule has 2 rings (SSSR count). The molecule has 1 fully saturated rings. The van der Waals surface area contributed by atoms with Crippen LogP contribution in [0.3, 0.4) is 0 Å². The smallest absolute Gasteiger partial charge is 0.457 e. The normalized spacial score (nSPS) is 19.8. The number of hydrogen-bond acceptors (Lipinski definition) is 5. The van der Waals surface area contributed by atoms with Gasteiger partial charge in [0, 0.05) is 0 Å². The fourth-order valence-corrected chi connectivity index (χ4v) is 3.45. The number of benzene rings is 1. The minimum absolute atomic E-state index is 0.143. The number of amides is 1. The highest BCUT2D eigenvalue weighted by Gasteiger charge is 2.50. The quantitative estimate of drug-likeness (QED) is 0.601. The van der Waals surface area contributed by atoms with Gasteiger partial charge in [-0.15, -0.1) is 0 Å². The Morgan fingerprint density at radius 1 is 1.10 bits per heavy atom. The third-order valence-electron chi connectivity index (χ3n) is 5.88. The number of rotatable bonds is 7. The van der Waals surface area contributed by atoms with Crippen molar-refractivity contribution in [3.8, 4) is 5.75 Å². The van der Waals surface area contributed by atoms with E-state index in [9.17, 15) is 4.79 Å². The van der Waals surface area contributed by atoms with E-state index in [4.69, 9.17) is 18.8 Å². The number of alkyl carbamates (subject to hydrolysis) is 1. The largest absolute Gasteiger partial charge is 0.497 e. The van der Waals surface area contributed by atoms with E-state index in [2.05, 4.69) is 39.9 Å². The second kappa shape index (κ2) is 9.19. The molecule has 168 valence electrons. The van der Waals surface area contributed by atoms with E-state index in [0.717, 1.165) is 24.1 Å². The Morgan fingerprint density at radius 2 is 1.63 bits per heavy atom. The maximum absolute atomic E-state index is 12.5. The first-order chi connectivity index (χ1) is 13.7. The first kappa shape index (κ1) is 24.5. The van der Waals surface area contributed by atoms with Crippen molar-refractivity contribution in [2.45, 2.75) is 91.0 Å². The standard InChI is InChI=1S/C23H38BNO5/c1-16(14-15-24-29-22(5,6)23(7,8)30-24)19(25-20(26)28-21(2,3)4)17-10-12-18(27-9)13-11-17/h10-13,16,19H,14-15H2,1-9H3,(H,25,26)/t16-,19+/m1/s1. The molecule has 1 amide bonds. The lowest BCUT2D eigenvalue weighted by molar-refractivity contribution is 0.00578. The van der Waals surface area contributed by atoms with E-state index in [1.54, 1.807) is 7.11 Å². The summed E-state index contributed by atoms with van der Waals surface area (Å²) in [6.45, 7) is 15.9. The van der Waals surface area contributed by atoms with Gasteiger partial charge in [0.05, 0.1) is 24.4 Å². The average Bonchev–Trinajstić information content (AvgIpc) is 2.83. The highest BCUT2D eigenvalue weighted by molar-refractivity contribution is 6.45. The summed E-state index contributed by atoms with van der Waals surface area (Å²) in [4.78, 5) is 12.5. The zero-order valence-corrected chi connectivity index (χ0v) is 20.0. The zero-order valence-electron chi connectivity index (χ0n) is 20.0. The summed E-state index contributed by atoms with van der Waals surface area (Å²) in [7, 11) is 1.38. The maximum atomic E-state index is 12.5. The predicted octanol–water partition coefficient (Wildman–Crippen LogP) is 5.38. The van der Waals surface area contributed by atoms with Crippen LogP contribution >= 0.6 is 0 Å². The third kappa shape index (κ3) is 6.38. The molecule has 1 aliphatic rings. The second-order valence-electron chi connectivity index (χ2n) is 10.1. The number of methoxy groups -OCH3 is 1. The van der Waals surface area contributed by atoms with Crippen molar-refractivity contribution in [2.24, 2.45) is 5.92 Å². The van der Waals surface area contributed by atoms with Crippen molar-refractivity contribution in [3.63, 3.8) is 0 Å². The van der Waals surface area contributed by atoms with Crippen molar-refractivity contribution in [1.82, 2.24) is 5.32 Å². The van der Waals surface area contributed by atoms with E-state index in [0.29, 0.717) is 0 Å². The van der Waals surface area contributed by atoms with E-state index >= 15 is 0 Å². The van der Waals surface area contributed by atoms with Gasteiger partial charge >= 0.3 is 13.2 Å². The van der Waals surface area contributed by atoms with Crippen LogP contribution in [0.15, 0.2) is 24.3 Å². The molecule has 1 heterocycles. The molecule has 1 N–H and O–H groups in total. The van der Waals surface area contributed by atoms with E-state index in [1.165, 1.54) is 0 Å². The maximum Gasteiger partial charge on any atom is 0.457 e. The highest BCUT2D eigenvalue weighted by atomic mass is 16.7. The zero-order chi connectivity index (χ0) is 22.7. The van der Waals surface area contributed by atoms with Crippen molar-refractivity contribution >= 4 is 13.2 Å². The molecule has 30 heavy (non-hydrogen) atoms. The van der Waals surface area contributed by atoms with Crippen LogP contribution in [-0.4, -0.2) is 37.1 Å². The predicted molar refractivity (Wildman–Crippen MR) is 120 cm³/mol. The van der Waals surface area contributed by atoms with Gasteiger partial charge in [-0.05, 0) is 84.8 Å². The summed E-state index contributed by atoms with van der Waals surface area (Å²) in [5, 5.41) is 3.05. The highest BCUT2D eigenvalue weighted by Crippen LogP contribution is 2.39. The summed E-state index contributed by atoms with van der Waals surface area (Å²) in [5.41, 5.74) is -0.237. The molecule has 0 aromatic heterocycles. The van der Waals surface area contributed by atoms with Gasteiger partial charge in [-0.3, -0.25) is 0 Å². The number of ether oxygens (including phenoxy) is 2. The third-order valence-corrected chi connectivity index (χ3v) is 5.88. The minimum Gasteiger partial charge on any atom is -0.497 e. The monoisotopic (exact) mass is 419 g/mol. The first-order valence-electron chi connectivity index (χ1n) is 10.7. The molecule has 1 aliphatic heterocycles. The fourth-order valence-electron chi connectivity index (χ4n) is 3.45. The lowest BCUT2D eigenvalue weighted by Crippen LogP contribution is -2.41. The minimum atomic E-state index is -0.555. The molecule has 6 nitrogen and oxygen atoms in total. The van der Waals surface area contributed by atoms with Crippen LogP contribution in [0.5, 0.6) is 5.75 Å². The van der Waals surface area contributed by atoms with Gasteiger partial charge in [0.25, 0.3) is 0 Å². The van der Waals surface area contributed by atoms with E-state index < -0.39 is 11.7 Å². The van der Waals surface area contributed by atoms with Gasteiger partial charge in [-0.25, -0.2) is 4.79 Å². The Balaban J connectivity index is 2.09. The summed E-state index contributed by atoms with van der Waals surface area (Å²) < 4.78 is 23.0. The van der Waals surface area contributed by atoms with Gasteiger partial charge in [-0.2, -0.15) is 0 Å². The number of carbonyl (C=O) groups excluding carboxylic acids is 1. The van der Waals surface area contributed by atoms with Gasteiger partial charge in [0.2, 0.25) is 0 Å². The molecule has 7 heteroatoms. The molecule has 1 aromatic rings. The topological polar surface area (TPSA) is 66.0 Å². The van der Waals surface area contributed by atoms with Crippen molar-refractivity contribution < 1.29 is 23.6 Å². The lowest BCUT2D eigenvalue weighted by atomic mass is 9.77. The molecule has 0 spiro atoms. The summed E-state index contributed by atoms with van der Waals surface area (Å²) in [5.74, 6) is 0.921. The molecule has 0 aliphatic carbocycles. The summed E-state index contributed by atoms with van der Waals surface area (Å²) >= 11 is 0. The Morgan fingerprint density at radius 3 is 2.10 bits per heavy atom. The molecule has 2 atom stereocenters. The number of nitrogens with one attached hydrogen (secondary N) is 1. The van der Waals surface area contributed by atoms with Crippen LogP contribution in [-0.2, 0) is 14.0 Å². The second-order valence-corrected chi connectivity index (χ2v) is 10.1. The molecule has 1 saturated heterocycles. The molecular formula is C23H38BNO5. The first-order valence-corrected chi connectivity index (χ1v) is 10.7. The molecular weight excluding hydrogens is 381 g/mol. The lowest BCUT2D eigenvalue weighted by Gasteiger charge is -2.32. The molecule has 0 radical (unpaired) electrons. The molecule has 0 saturated carbocycles. The van der Waals surface area contributed by atoms with Crippen LogP contribution in [0.1, 0.15) is 73.4 Å². The van der Waals surface area contributed by atoms with Crippen LogP contribution in [0.25, 0.3) is 0 Å². The van der Waals surface area contributed by atoms with Crippen molar-refractivity contribution in [2.75, 3.05) is 7.11 Å². The van der Waals surface area contributed by atoms with Crippen LogP contribution in [0, 0.1) is 5.92 Å². The summed E-state index contributed by atoms with van der Waals surface area (Å²) in [6, 6.07) is 7.56.